The lowest BCUT2D eigenvalue weighted by atomic mass is 9.88. The van der Waals surface area contributed by atoms with Gasteiger partial charge < -0.3 is 5.73 Å². The Morgan fingerprint density at radius 2 is 1.90 bits per heavy atom. The fraction of sp³-hybridized carbons (Fsp3) is 0.600. The number of aryl methyl sites for hydroxylation is 1. The van der Waals surface area contributed by atoms with Crippen molar-refractivity contribution < 1.29 is 8.42 Å². The highest BCUT2D eigenvalue weighted by Crippen LogP contribution is 2.26. The lowest BCUT2D eigenvalue weighted by Gasteiger charge is -2.27. The zero-order valence-corrected chi connectivity index (χ0v) is 13.0. The topological polar surface area (TPSA) is 72.2 Å². The van der Waals surface area contributed by atoms with E-state index in [4.69, 9.17) is 5.73 Å². The molecular formula is C15H24N2O2S. The first-order valence-electron chi connectivity index (χ1n) is 7.33. The average molecular weight is 296 g/mol. The molecule has 0 unspecified atom stereocenters. The van der Waals surface area contributed by atoms with Crippen molar-refractivity contribution in [1.82, 2.24) is 4.72 Å². The summed E-state index contributed by atoms with van der Waals surface area (Å²) in [5, 5.41) is 0. The summed E-state index contributed by atoms with van der Waals surface area (Å²) in [6, 6.07) is 5.17. The SMILES string of the molecule is CCc1ccc(N)cc1S(=O)(=O)NC1CCC(C)CC1. The second-order valence-electron chi connectivity index (χ2n) is 5.80. The number of nitrogens with two attached hydrogens (primary N) is 1. The Kier molecular flexibility index (Phi) is 4.70. The van der Waals surface area contributed by atoms with Gasteiger partial charge in [0.25, 0.3) is 0 Å². The molecule has 1 aromatic rings. The van der Waals surface area contributed by atoms with Crippen LogP contribution in [0.4, 0.5) is 5.69 Å². The van der Waals surface area contributed by atoms with Crippen molar-refractivity contribution in [2.45, 2.75) is 56.9 Å². The Bertz CT molecular complexity index is 561. The maximum absolute atomic E-state index is 12.5. The van der Waals surface area contributed by atoms with Crippen LogP contribution in [0.3, 0.4) is 0 Å². The summed E-state index contributed by atoms with van der Waals surface area (Å²) in [6.07, 6.45) is 4.70. The second kappa shape index (κ2) is 6.14. The van der Waals surface area contributed by atoms with Crippen LogP contribution in [0.5, 0.6) is 0 Å². The molecule has 1 saturated carbocycles. The highest BCUT2D eigenvalue weighted by atomic mass is 32.2. The molecule has 0 amide bonds. The van der Waals surface area contributed by atoms with E-state index < -0.39 is 10.0 Å². The smallest absolute Gasteiger partial charge is 0.241 e. The number of rotatable bonds is 4. The van der Waals surface area contributed by atoms with Crippen LogP contribution >= 0.6 is 0 Å². The number of nitrogen functional groups attached to an aromatic ring is 1. The number of anilines is 1. The Labute approximate surface area is 121 Å². The normalized spacial score (nSPS) is 23.7. The highest BCUT2D eigenvalue weighted by molar-refractivity contribution is 7.89. The van der Waals surface area contributed by atoms with E-state index >= 15 is 0 Å². The maximum Gasteiger partial charge on any atom is 0.241 e. The number of hydrogen-bond donors (Lipinski definition) is 2. The van der Waals surface area contributed by atoms with Crippen LogP contribution in [-0.2, 0) is 16.4 Å². The molecule has 1 fully saturated rings. The van der Waals surface area contributed by atoms with Crippen LogP contribution in [0.25, 0.3) is 0 Å². The van der Waals surface area contributed by atoms with Crippen LogP contribution in [0.1, 0.15) is 45.1 Å². The molecule has 3 N–H and O–H groups in total. The summed E-state index contributed by atoms with van der Waals surface area (Å²) in [4.78, 5) is 0.332. The highest BCUT2D eigenvalue weighted by Gasteiger charge is 2.25. The summed E-state index contributed by atoms with van der Waals surface area (Å²) < 4.78 is 27.9. The minimum absolute atomic E-state index is 0.0577. The van der Waals surface area contributed by atoms with Gasteiger partial charge in [0, 0.05) is 11.7 Å². The number of benzene rings is 1. The van der Waals surface area contributed by atoms with Gasteiger partial charge in [0.2, 0.25) is 10.0 Å². The molecule has 2 rings (SSSR count). The van der Waals surface area contributed by atoms with Gasteiger partial charge in [-0.15, -0.1) is 0 Å². The van der Waals surface area contributed by atoms with Gasteiger partial charge in [-0.25, -0.2) is 13.1 Å². The lowest BCUT2D eigenvalue weighted by Crippen LogP contribution is -2.37. The van der Waals surface area contributed by atoms with Gasteiger partial charge in [0.15, 0.2) is 0 Å². The van der Waals surface area contributed by atoms with Gasteiger partial charge >= 0.3 is 0 Å². The van der Waals surface area contributed by atoms with Crippen molar-refractivity contribution in [3.8, 4) is 0 Å². The number of sulfonamides is 1. The van der Waals surface area contributed by atoms with E-state index in [0.29, 0.717) is 22.9 Å². The average Bonchev–Trinajstić information content (AvgIpc) is 2.41. The lowest BCUT2D eigenvalue weighted by molar-refractivity contribution is 0.332. The van der Waals surface area contributed by atoms with E-state index in [1.807, 2.05) is 6.92 Å². The molecule has 20 heavy (non-hydrogen) atoms. The van der Waals surface area contributed by atoms with E-state index in [1.54, 1.807) is 18.2 Å². The van der Waals surface area contributed by atoms with Crippen LogP contribution in [0, 0.1) is 5.92 Å². The van der Waals surface area contributed by atoms with Crippen LogP contribution < -0.4 is 10.5 Å². The number of nitrogens with one attached hydrogen (secondary N) is 1. The fourth-order valence-corrected chi connectivity index (χ4v) is 4.42. The Hall–Kier alpha value is -1.07. The molecule has 112 valence electrons. The third-order valence-electron chi connectivity index (χ3n) is 4.10. The van der Waals surface area contributed by atoms with Crippen LogP contribution in [0.2, 0.25) is 0 Å². The van der Waals surface area contributed by atoms with Gasteiger partial charge in [-0.05, 0) is 55.7 Å². The summed E-state index contributed by atoms with van der Waals surface area (Å²) in [5.41, 5.74) is 7.04. The zero-order chi connectivity index (χ0) is 14.8. The minimum atomic E-state index is -3.47. The summed E-state index contributed by atoms with van der Waals surface area (Å²) in [5.74, 6) is 0.703. The Morgan fingerprint density at radius 1 is 1.25 bits per heavy atom. The van der Waals surface area contributed by atoms with Crippen molar-refractivity contribution in [1.29, 1.82) is 0 Å². The molecule has 0 saturated heterocycles. The minimum Gasteiger partial charge on any atom is -0.399 e. The summed E-state index contributed by atoms with van der Waals surface area (Å²) >= 11 is 0. The Balaban J connectivity index is 2.20. The monoisotopic (exact) mass is 296 g/mol. The second-order valence-corrected chi connectivity index (χ2v) is 7.48. The molecular weight excluding hydrogens is 272 g/mol. The molecule has 0 bridgehead atoms. The molecule has 0 heterocycles. The third kappa shape index (κ3) is 3.52. The first-order chi connectivity index (χ1) is 9.42. The summed E-state index contributed by atoms with van der Waals surface area (Å²) in [6.45, 7) is 4.17. The Morgan fingerprint density at radius 3 is 2.50 bits per heavy atom. The molecule has 1 aromatic carbocycles. The van der Waals surface area contributed by atoms with E-state index in [1.165, 1.54) is 0 Å². The van der Waals surface area contributed by atoms with Gasteiger partial charge in [-0.1, -0.05) is 19.9 Å². The first-order valence-corrected chi connectivity index (χ1v) is 8.81. The zero-order valence-electron chi connectivity index (χ0n) is 12.2. The predicted octanol–water partition coefficient (Wildman–Crippen LogP) is 2.69. The van der Waals surface area contributed by atoms with Gasteiger partial charge in [0.05, 0.1) is 4.90 Å². The molecule has 0 radical (unpaired) electrons. The van der Waals surface area contributed by atoms with Crippen molar-refractivity contribution in [2.75, 3.05) is 5.73 Å². The molecule has 0 spiro atoms. The molecule has 5 heteroatoms. The maximum atomic E-state index is 12.5. The van der Waals surface area contributed by atoms with E-state index in [0.717, 1.165) is 31.2 Å². The van der Waals surface area contributed by atoms with Crippen LogP contribution in [-0.4, -0.2) is 14.5 Å². The quantitative estimate of drug-likeness (QED) is 0.839. The fourth-order valence-electron chi connectivity index (χ4n) is 2.77. The van der Waals surface area contributed by atoms with Gasteiger partial charge in [-0.2, -0.15) is 0 Å². The van der Waals surface area contributed by atoms with Gasteiger partial charge in [0.1, 0.15) is 0 Å². The molecule has 0 aliphatic heterocycles. The van der Waals surface area contributed by atoms with Crippen LogP contribution in [0.15, 0.2) is 23.1 Å². The first kappa shape index (κ1) is 15.3. The van der Waals surface area contributed by atoms with Crippen molar-refractivity contribution in [3.63, 3.8) is 0 Å². The molecule has 1 aliphatic carbocycles. The van der Waals surface area contributed by atoms with Crippen molar-refractivity contribution in [3.05, 3.63) is 23.8 Å². The van der Waals surface area contributed by atoms with Crippen molar-refractivity contribution in [2.24, 2.45) is 5.92 Å². The standard InChI is InChI=1S/C15H24N2O2S/c1-3-12-6-7-13(16)10-15(12)20(18,19)17-14-8-4-11(2)5-9-14/h6-7,10-11,14,17H,3-5,8-9,16H2,1-2H3. The van der Waals surface area contributed by atoms with E-state index in [9.17, 15) is 8.42 Å². The molecule has 0 atom stereocenters. The predicted molar refractivity (Wildman–Crippen MR) is 82.0 cm³/mol. The molecule has 1 aliphatic rings. The number of hydrogen-bond acceptors (Lipinski definition) is 3. The van der Waals surface area contributed by atoms with E-state index in [2.05, 4.69) is 11.6 Å². The third-order valence-corrected chi connectivity index (χ3v) is 5.70. The van der Waals surface area contributed by atoms with E-state index in [-0.39, 0.29) is 6.04 Å². The van der Waals surface area contributed by atoms with Gasteiger partial charge in [-0.3, -0.25) is 0 Å². The largest absolute Gasteiger partial charge is 0.399 e. The molecule has 4 nitrogen and oxygen atoms in total. The van der Waals surface area contributed by atoms with Crippen molar-refractivity contribution >= 4 is 15.7 Å². The molecule has 0 aromatic heterocycles. The summed E-state index contributed by atoms with van der Waals surface area (Å²) in [7, 11) is -3.47.